The first-order valence-electron chi connectivity index (χ1n) is 7.83. The van der Waals surface area contributed by atoms with E-state index >= 15 is 0 Å². The predicted molar refractivity (Wildman–Crippen MR) is 97.7 cm³/mol. The number of alkyl carbamates (subject to hydrolysis) is 1. The number of benzene rings is 1. The van der Waals surface area contributed by atoms with Gasteiger partial charge in [-0.1, -0.05) is 0 Å². The lowest BCUT2D eigenvalue weighted by Crippen LogP contribution is -2.34. The molecule has 0 aliphatic rings. The molecule has 1 rings (SSSR count). The molecule has 2 N–H and O–H groups in total. The summed E-state index contributed by atoms with van der Waals surface area (Å²) in [5.74, 6) is 1.95. The summed E-state index contributed by atoms with van der Waals surface area (Å²) in [6.07, 6.45) is 2.84. The summed E-state index contributed by atoms with van der Waals surface area (Å²) in [5, 5.41) is 6.03. The standard InChI is InChI=1S/C17H28N2O3S/c1-17(2,3)22-16(20)19-11-12-21-15-8-6-14(7-9-15)18-10-5-13-23-4/h6-9,18H,5,10-13H2,1-4H3,(H,19,20). The summed E-state index contributed by atoms with van der Waals surface area (Å²) in [7, 11) is 0. The van der Waals surface area contributed by atoms with Crippen molar-refractivity contribution < 1.29 is 14.3 Å². The molecule has 1 aromatic rings. The SMILES string of the molecule is CSCCCNc1ccc(OCCNC(=O)OC(C)(C)C)cc1. The lowest BCUT2D eigenvalue weighted by Gasteiger charge is -2.19. The van der Waals surface area contributed by atoms with E-state index in [1.54, 1.807) is 0 Å². The van der Waals surface area contributed by atoms with E-state index in [4.69, 9.17) is 9.47 Å². The number of anilines is 1. The molecule has 130 valence electrons. The Morgan fingerprint density at radius 2 is 1.87 bits per heavy atom. The minimum Gasteiger partial charge on any atom is -0.492 e. The van der Waals surface area contributed by atoms with Crippen molar-refractivity contribution in [1.29, 1.82) is 0 Å². The molecule has 0 saturated carbocycles. The van der Waals surface area contributed by atoms with E-state index in [0.29, 0.717) is 13.2 Å². The van der Waals surface area contributed by atoms with Crippen LogP contribution in [0.3, 0.4) is 0 Å². The zero-order valence-electron chi connectivity index (χ0n) is 14.5. The fourth-order valence-corrected chi connectivity index (χ4v) is 2.19. The molecular formula is C17H28N2O3S. The number of carbonyl (C=O) groups excluding carboxylic acids is 1. The number of hydrogen-bond acceptors (Lipinski definition) is 5. The van der Waals surface area contributed by atoms with Crippen LogP contribution in [0.5, 0.6) is 5.75 Å². The summed E-state index contributed by atoms with van der Waals surface area (Å²) in [6.45, 7) is 7.28. The fraction of sp³-hybridized carbons (Fsp3) is 0.588. The van der Waals surface area contributed by atoms with Gasteiger partial charge >= 0.3 is 6.09 Å². The molecule has 5 nitrogen and oxygen atoms in total. The van der Waals surface area contributed by atoms with Crippen molar-refractivity contribution in [2.75, 3.05) is 37.0 Å². The first kappa shape index (κ1) is 19.5. The molecule has 0 unspecified atom stereocenters. The maximum Gasteiger partial charge on any atom is 0.407 e. The minimum atomic E-state index is -0.483. The van der Waals surface area contributed by atoms with Crippen LogP contribution in [0.4, 0.5) is 10.5 Å². The molecule has 1 amide bonds. The van der Waals surface area contributed by atoms with Crippen molar-refractivity contribution in [2.45, 2.75) is 32.8 Å². The quantitative estimate of drug-likeness (QED) is 0.670. The molecule has 0 aliphatic heterocycles. The van der Waals surface area contributed by atoms with E-state index in [-0.39, 0.29) is 0 Å². The highest BCUT2D eigenvalue weighted by molar-refractivity contribution is 7.98. The molecule has 6 heteroatoms. The van der Waals surface area contributed by atoms with E-state index in [1.165, 1.54) is 5.75 Å². The monoisotopic (exact) mass is 340 g/mol. The predicted octanol–water partition coefficient (Wildman–Crippen LogP) is 3.76. The van der Waals surface area contributed by atoms with Gasteiger partial charge in [0.1, 0.15) is 18.0 Å². The Hall–Kier alpha value is -1.56. The first-order valence-corrected chi connectivity index (χ1v) is 9.22. The highest BCUT2D eigenvalue weighted by atomic mass is 32.2. The van der Waals surface area contributed by atoms with E-state index in [1.807, 2.05) is 56.8 Å². The molecule has 0 atom stereocenters. The molecule has 0 spiro atoms. The average Bonchev–Trinajstić information content (AvgIpc) is 2.48. The normalized spacial score (nSPS) is 11.0. The minimum absolute atomic E-state index is 0.403. The Balaban J connectivity index is 2.19. The molecule has 0 aliphatic carbocycles. The molecule has 0 radical (unpaired) electrons. The number of carbonyl (C=O) groups is 1. The van der Waals surface area contributed by atoms with Crippen LogP contribution in [0.2, 0.25) is 0 Å². The number of rotatable bonds is 9. The van der Waals surface area contributed by atoms with Crippen molar-refractivity contribution in [3.63, 3.8) is 0 Å². The van der Waals surface area contributed by atoms with Gasteiger partial charge in [-0.2, -0.15) is 11.8 Å². The molecule has 0 saturated heterocycles. The third kappa shape index (κ3) is 9.94. The second kappa shape index (κ2) is 10.3. The van der Waals surface area contributed by atoms with Crippen LogP contribution in [0.15, 0.2) is 24.3 Å². The Bertz CT molecular complexity index is 458. The molecule has 0 aromatic heterocycles. The third-order valence-electron chi connectivity index (χ3n) is 2.75. The van der Waals surface area contributed by atoms with Gasteiger partial charge in [0.15, 0.2) is 0 Å². The number of ether oxygens (including phenoxy) is 2. The van der Waals surface area contributed by atoms with E-state index < -0.39 is 11.7 Å². The van der Waals surface area contributed by atoms with Gasteiger partial charge < -0.3 is 20.1 Å². The van der Waals surface area contributed by atoms with E-state index in [2.05, 4.69) is 16.9 Å². The number of amides is 1. The van der Waals surface area contributed by atoms with E-state index in [0.717, 1.165) is 24.4 Å². The zero-order chi connectivity index (χ0) is 17.1. The summed E-state index contributed by atoms with van der Waals surface area (Å²) in [6, 6.07) is 7.83. The Kier molecular flexibility index (Phi) is 8.69. The van der Waals surface area contributed by atoms with Crippen LogP contribution < -0.4 is 15.4 Å². The lowest BCUT2D eigenvalue weighted by molar-refractivity contribution is 0.0520. The smallest absolute Gasteiger partial charge is 0.407 e. The van der Waals surface area contributed by atoms with Gasteiger partial charge in [0, 0.05) is 12.2 Å². The van der Waals surface area contributed by atoms with Crippen molar-refractivity contribution in [3.8, 4) is 5.75 Å². The zero-order valence-corrected chi connectivity index (χ0v) is 15.3. The summed E-state index contributed by atoms with van der Waals surface area (Å²) < 4.78 is 10.7. The molecular weight excluding hydrogens is 312 g/mol. The number of nitrogens with one attached hydrogen (secondary N) is 2. The lowest BCUT2D eigenvalue weighted by atomic mass is 10.2. The highest BCUT2D eigenvalue weighted by Gasteiger charge is 2.15. The largest absolute Gasteiger partial charge is 0.492 e. The van der Waals surface area contributed by atoms with Crippen molar-refractivity contribution >= 4 is 23.5 Å². The molecule has 0 bridgehead atoms. The fourth-order valence-electron chi connectivity index (χ4n) is 1.75. The maximum absolute atomic E-state index is 11.5. The van der Waals surface area contributed by atoms with Gasteiger partial charge in [-0.3, -0.25) is 0 Å². The average molecular weight is 340 g/mol. The number of thioether (sulfide) groups is 1. The summed E-state index contributed by atoms with van der Waals surface area (Å²) in [4.78, 5) is 11.5. The van der Waals surface area contributed by atoms with Gasteiger partial charge in [-0.15, -0.1) is 0 Å². The summed E-state index contributed by atoms with van der Waals surface area (Å²) >= 11 is 1.86. The molecule has 23 heavy (non-hydrogen) atoms. The van der Waals surface area contributed by atoms with Gasteiger partial charge in [0.2, 0.25) is 0 Å². The van der Waals surface area contributed by atoms with Crippen LogP contribution in [-0.2, 0) is 4.74 Å². The van der Waals surface area contributed by atoms with Crippen LogP contribution in [0.1, 0.15) is 27.2 Å². The van der Waals surface area contributed by atoms with Crippen molar-refractivity contribution in [3.05, 3.63) is 24.3 Å². The van der Waals surface area contributed by atoms with Crippen LogP contribution in [0, 0.1) is 0 Å². The molecule has 1 aromatic carbocycles. The van der Waals surface area contributed by atoms with Crippen molar-refractivity contribution in [1.82, 2.24) is 5.32 Å². The Morgan fingerprint density at radius 1 is 1.17 bits per heavy atom. The topological polar surface area (TPSA) is 59.6 Å². The van der Waals surface area contributed by atoms with Crippen LogP contribution in [-0.4, -0.2) is 43.4 Å². The van der Waals surface area contributed by atoms with Gasteiger partial charge in [0.05, 0.1) is 6.54 Å². The third-order valence-corrected chi connectivity index (χ3v) is 3.44. The second-order valence-electron chi connectivity index (χ2n) is 6.07. The molecule has 0 heterocycles. The first-order chi connectivity index (χ1) is 10.9. The highest BCUT2D eigenvalue weighted by Crippen LogP contribution is 2.15. The van der Waals surface area contributed by atoms with Gasteiger partial charge in [-0.05, 0) is 63.5 Å². The van der Waals surface area contributed by atoms with Crippen molar-refractivity contribution in [2.24, 2.45) is 0 Å². The van der Waals surface area contributed by atoms with Crippen LogP contribution in [0.25, 0.3) is 0 Å². The van der Waals surface area contributed by atoms with Crippen LogP contribution >= 0.6 is 11.8 Å². The van der Waals surface area contributed by atoms with E-state index in [9.17, 15) is 4.79 Å². The number of hydrogen-bond donors (Lipinski definition) is 2. The van der Waals surface area contributed by atoms with Gasteiger partial charge in [-0.25, -0.2) is 4.79 Å². The summed E-state index contributed by atoms with van der Waals surface area (Å²) in [5.41, 5.74) is 0.606. The van der Waals surface area contributed by atoms with Gasteiger partial charge in [0.25, 0.3) is 0 Å². The Morgan fingerprint density at radius 3 is 2.48 bits per heavy atom. The second-order valence-corrected chi connectivity index (χ2v) is 7.06. The maximum atomic E-state index is 11.5. The Labute approximate surface area is 143 Å². The molecule has 0 fully saturated rings.